The van der Waals surface area contributed by atoms with Crippen molar-refractivity contribution in [3.8, 4) is 0 Å². The zero-order valence-electron chi connectivity index (χ0n) is 19.0. The largest absolute Gasteiger partial charge is 0.364 e. The minimum Gasteiger partial charge on any atom is -0.364 e. The van der Waals surface area contributed by atoms with Crippen LogP contribution in [0.15, 0.2) is 76.4 Å². The van der Waals surface area contributed by atoms with E-state index in [9.17, 15) is 0 Å². The Bertz CT molecular complexity index is 838. The third-order valence-electron chi connectivity index (χ3n) is 5.29. The van der Waals surface area contributed by atoms with Crippen molar-refractivity contribution in [3.63, 3.8) is 0 Å². The van der Waals surface area contributed by atoms with Crippen LogP contribution in [0.2, 0.25) is 0 Å². The molecule has 1 aliphatic heterocycles. The van der Waals surface area contributed by atoms with Gasteiger partial charge in [-0.3, -0.25) is 15.0 Å². The van der Waals surface area contributed by atoms with E-state index >= 15 is 0 Å². The van der Waals surface area contributed by atoms with Gasteiger partial charge in [-0.1, -0.05) is 36.8 Å². The fourth-order valence-electron chi connectivity index (χ4n) is 3.16. The first-order valence-corrected chi connectivity index (χ1v) is 11.0. The number of aryl methyl sites for hydroxylation is 1. The topological polar surface area (TPSA) is 49.6 Å². The molecule has 30 heavy (non-hydrogen) atoms. The van der Waals surface area contributed by atoms with Gasteiger partial charge in [0.15, 0.2) is 0 Å². The average Bonchev–Trinajstić information content (AvgIpc) is 2.79. The van der Waals surface area contributed by atoms with Crippen molar-refractivity contribution < 1.29 is 0 Å². The van der Waals surface area contributed by atoms with Crippen LogP contribution >= 0.6 is 0 Å². The van der Waals surface area contributed by atoms with Crippen molar-refractivity contribution in [2.75, 3.05) is 13.1 Å². The van der Waals surface area contributed by atoms with Crippen molar-refractivity contribution in [1.82, 2.24) is 10.3 Å². The van der Waals surface area contributed by atoms with Gasteiger partial charge in [0.05, 0.1) is 12.3 Å². The van der Waals surface area contributed by atoms with E-state index < -0.39 is 0 Å². The summed E-state index contributed by atoms with van der Waals surface area (Å²) in [6.07, 6.45) is 16.6. The van der Waals surface area contributed by atoms with E-state index in [1.54, 1.807) is 0 Å². The number of allylic oxidation sites excluding steroid dienone is 4. The Morgan fingerprint density at radius 1 is 1.37 bits per heavy atom. The van der Waals surface area contributed by atoms with Gasteiger partial charge in [-0.25, -0.2) is 0 Å². The number of rotatable bonds is 10. The maximum Gasteiger partial charge on any atom is 0.130 e. The predicted octanol–water partition coefficient (Wildman–Crippen LogP) is 5.63. The summed E-state index contributed by atoms with van der Waals surface area (Å²) in [5.41, 5.74) is 5.80. The number of nitrogens with zero attached hydrogens (tertiary/aromatic N) is 3. The molecule has 2 heterocycles. The van der Waals surface area contributed by atoms with Gasteiger partial charge < -0.3 is 5.32 Å². The lowest BCUT2D eigenvalue weighted by Crippen LogP contribution is -2.32. The third-order valence-corrected chi connectivity index (χ3v) is 5.29. The van der Waals surface area contributed by atoms with Crippen LogP contribution in [0.25, 0.3) is 0 Å². The lowest BCUT2D eigenvalue weighted by molar-refractivity contribution is 0.803. The Labute approximate surface area is 182 Å². The number of hydrogen-bond donors (Lipinski definition) is 1. The molecule has 0 saturated heterocycles. The highest BCUT2D eigenvalue weighted by Crippen LogP contribution is 2.12. The van der Waals surface area contributed by atoms with Crippen LogP contribution in [0.4, 0.5) is 0 Å². The smallest absolute Gasteiger partial charge is 0.130 e. The van der Waals surface area contributed by atoms with Crippen LogP contribution < -0.4 is 5.32 Å². The zero-order valence-corrected chi connectivity index (χ0v) is 19.0. The number of nitrogens with one attached hydrogen (secondary N) is 1. The maximum atomic E-state index is 4.80. The first-order chi connectivity index (χ1) is 14.6. The average molecular weight is 405 g/mol. The molecule has 0 amide bonds. The second kappa shape index (κ2) is 12.7. The highest BCUT2D eigenvalue weighted by Gasteiger charge is 2.07. The number of aromatic nitrogens is 1. The van der Waals surface area contributed by atoms with Crippen molar-refractivity contribution in [2.24, 2.45) is 9.98 Å². The van der Waals surface area contributed by atoms with E-state index in [1.165, 1.54) is 5.57 Å². The molecule has 0 bridgehead atoms. The summed E-state index contributed by atoms with van der Waals surface area (Å²) >= 11 is 0. The molecule has 1 aromatic rings. The van der Waals surface area contributed by atoms with Gasteiger partial charge in [-0.05, 0) is 70.2 Å². The predicted molar refractivity (Wildman–Crippen MR) is 131 cm³/mol. The molecule has 0 fully saturated rings. The molecule has 0 aliphatic carbocycles. The number of hydrogen-bond acceptors (Lipinski definition) is 3. The molecule has 0 radical (unpaired) electrons. The summed E-state index contributed by atoms with van der Waals surface area (Å²) < 4.78 is 0. The first-order valence-electron chi connectivity index (χ1n) is 11.0. The van der Waals surface area contributed by atoms with Crippen molar-refractivity contribution >= 4 is 11.5 Å². The summed E-state index contributed by atoms with van der Waals surface area (Å²) in [5.74, 6) is 0.842. The zero-order chi connectivity index (χ0) is 21.8. The summed E-state index contributed by atoms with van der Waals surface area (Å²) in [5, 5.41) is 3.43. The number of amidine groups is 1. The van der Waals surface area contributed by atoms with E-state index in [-0.39, 0.29) is 6.04 Å². The van der Waals surface area contributed by atoms with E-state index in [0.717, 1.165) is 60.6 Å². The van der Waals surface area contributed by atoms with Crippen LogP contribution in [0.1, 0.15) is 58.2 Å². The highest BCUT2D eigenvalue weighted by molar-refractivity contribution is 6.08. The normalized spacial score (nSPS) is 16.3. The van der Waals surface area contributed by atoms with Crippen LogP contribution in [0, 0.1) is 0 Å². The van der Waals surface area contributed by atoms with Crippen molar-refractivity contribution in [3.05, 3.63) is 77.7 Å². The second-order valence-corrected chi connectivity index (χ2v) is 7.54. The molecule has 2 rings (SSSR count). The highest BCUT2D eigenvalue weighted by atomic mass is 15.0. The van der Waals surface area contributed by atoms with Crippen molar-refractivity contribution in [2.45, 2.75) is 59.4 Å². The lowest BCUT2D eigenvalue weighted by atomic mass is 10.1. The summed E-state index contributed by atoms with van der Waals surface area (Å²) in [6.45, 7) is 13.8. The molecule has 1 atom stereocenters. The molecule has 160 valence electrons. The van der Waals surface area contributed by atoms with E-state index in [4.69, 9.17) is 4.99 Å². The SMILES string of the molecule is C=CC(C)NC(=NC/C=C(\C)C1=NCCC=C1)c1ccc(CC/C(=C/C)CC)nc1. The van der Waals surface area contributed by atoms with Gasteiger partial charge in [-0.2, -0.15) is 0 Å². The third kappa shape index (κ3) is 7.58. The van der Waals surface area contributed by atoms with Gasteiger partial charge in [0.1, 0.15) is 5.84 Å². The minimum absolute atomic E-state index is 0.126. The maximum absolute atomic E-state index is 4.80. The summed E-state index contributed by atoms with van der Waals surface area (Å²) in [4.78, 5) is 14.0. The van der Waals surface area contributed by atoms with Crippen LogP contribution in [-0.4, -0.2) is 35.7 Å². The molecule has 4 heteroatoms. The molecule has 1 unspecified atom stereocenters. The Balaban J connectivity index is 2.11. The van der Waals surface area contributed by atoms with Gasteiger partial charge >= 0.3 is 0 Å². The quantitative estimate of drug-likeness (QED) is 0.312. The van der Waals surface area contributed by atoms with Gasteiger partial charge in [0, 0.05) is 30.0 Å². The van der Waals surface area contributed by atoms with Crippen LogP contribution in [-0.2, 0) is 6.42 Å². The number of aliphatic imine (C=N–C) groups is 2. The van der Waals surface area contributed by atoms with E-state index in [1.807, 2.05) is 12.3 Å². The molecule has 0 aromatic carbocycles. The van der Waals surface area contributed by atoms with E-state index in [2.05, 4.69) is 86.0 Å². The lowest BCUT2D eigenvalue weighted by Gasteiger charge is -2.14. The van der Waals surface area contributed by atoms with Gasteiger partial charge in [0.2, 0.25) is 0 Å². The van der Waals surface area contributed by atoms with Gasteiger partial charge in [-0.15, -0.1) is 6.58 Å². The summed E-state index contributed by atoms with van der Waals surface area (Å²) in [6, 6.07) is 4.34. The Kier molecular flexibility index (Phi) is 9.99. The molecule has 1 N–H and O–H groups in total. The second-order valence-electron chi connectivity index (χ2n) is 7.54. The molecule has 1 aromatic heterocycles. The minimum atomic E-state index is 0.126. The molecular formula is C26H36N4. The monoisotopic (exact) mass is 404 g/mol. The molecular weight excluding hydrogens is 368 g/mol. The standard InChI is InChI=1S/C26H36N4/c1-6-21(5)30-26(28-18-16-20(4)25-11-9-10-17-27-25)23-13-15-24(29-19-23)14-12-22(7-2)8-3/h6-7,9,11,13,15-16,19,21H,1,8,10,12,14,17-18H2,2-5H3,(H,28,30)/b20-16+,22-7+. The molecule has 4 nitrogen and oxygen atoms in total. The van der Waals surface area contributed by atoms with E-state index in [0.29, 0.717) is 6.54 Å². The Morgan fingerprint density at radius 2 is 2.20 bits per heavy atom. The van der Waals surface area contributed by atoms with Crippen LogP contribution in [0.3, 0.4) is 0 Å². The number of dihydropyridines is 1. The molecule has 0 spiro atoms. The summed E-state index contributed by atoms with van der Waals surface area (Å²) in [7, 11) is 0. The van der Waals surface area contributed by atoms with Crippen molar-refractivity contribution in [1.29, 1.82) is 0 Å². The first kappa shape index (κ1) is 23.5. The number of pyridine rings is 1. The Hall–Kier alpha value is -2.75. The molecule has 0 saturated carbocycles. The fraction of sp³-hybridized carbons (Fsp3) is 0.423. The van der Waals surface area contributed by atoms with Gasteiger partial charge in [0.25, 0.3) is 0 Å². The Morgan fingerprint density at radius 3 is 2.80 bits per heavy atom. The molecule has 1 aliphatic rings. The van der Waals surface area contributed by atoms with Crippen LogP contribution in [0.5, 0.6) is 0 Å². The fourth-order valence-corrected chi connectivity index (χ4v) is 3.16.